The molecule has 9 heteroatoms. The second kappa shape index (κ2) is 7.29. The lowest BCUT2D eigenvalue weighted by molar-refractivity contribution is 0.599. The Morgan fingerprint density at radius 1 is 1.14 bits per heavy atom. The molecule has 2 heterocycles. The molecular formula is C19H18ClN5O2S. The number of benzene rings is 2. The summed E-state index contributed by atoms with van der Waals surface area (Å²) < 4.78 is 27.9. The Bertz CT molecular complexity index is 1140. The van der Waals surface area contributed by atoms with Crippen molar-refractivity contribution in [1.82, 2.24) is 14.8 Å². The van der Waals surface area contributed by atoms with Crippen molar-refractivity contribution in [2.75, 3.05) is 15.8 Å². The number of nitrogens with zero attached hydrogens (tertiary/aromatic N) is 3. The van der Waals surface area contributed by atoms with Crippen LogP contribution in [0.15, 0.2) is 60.7 Å². The van der Waals surface area contributed by atoms with Crippen LogP contribution >= 0.6 is 11.6 Å². The molecule has 2 aromatic carbocycles. The minimum Gasteiger partial charge on any atom is -0.324 e. The lowest BCUT2D eigenvalue weighted by atomic mass is 10.0. The summed E-state index contributed by atoms with van der Waals surface area (Å²) in [7, 11) is -3.49. The van der Waals surface area contributed by atoms with Crippen LogP contribution in [0.3, 0.4) is 0 Å². The number of hydrogen-bond acceptors (Lipinski definition) is 5. The zero-order valence-electron chi connectivity index (χ0n) is 15.0. The van der Waals surface area contributed by atoms with Gasteiger partial charge in [0.15, 0.2) is 0 Å². The second-order valence-corrected chi connectivity index (χ2v) is 8.66. The second-order valence-electron chi connectivity index (χ2n) is 6.25. The van der Waals surface area contributed by atoms with Crippen LogP contribution in [0.1, 0.15) is 24.1 Å². The molecular weight excluding hydrogens is 398 g/mol. The van der Waals surface area contributed by atoms with Gasteiger partial charge in [-0.2, -0.15) is 4.98 Å². The first-order chi connectivity index (χ1) is 13.5. The third-order valence-electron chi connectivity index (χ3n) is 4.40. The smallest absolute Gasteiger partial charge is 0.257 e. The van der Waals surface area contributed by atoms with E-state index in [0.29, 0.717) is 11.0 Å². The van der Waals surface area contributed by atoms with E-state index in [1.54, 1.807) is 11.6 Å². The van der Waals surface area contributed by atoms with Gasteiger partial charge in [0, 0.05) is 10.7 Å². The number of halogens is 1. The van der Waals surface area contributed by atoms with Gasteiger partial charge in [-0.05, 0) is 30.2 Å². The number of rotatable bonds is 5. The minimum atomic E-state index is -3.49. The van der Waals surface area contributed by atoms with Crippen molar-refractivity contribution in [3.63, 3.8) is 0 Å². The first-order valence-corrected chi connectivity index (χ1v) is 10.8. The minimum absolute atomic E-state index is 0.0177. The van der Waals surface area contributed by atoms with Gasteiger partial charge in [-0.25, -0.2) is 17.8 Å². The zero-order chi connectivity index (χ0) is 19.7. The molecule has 1 aliphatic rings. The summed E-state index contributed by atoms with van der Waals surface area (Å²) in [5, 5.41) is 8.18. The van der Waals surface area contributed by atoms with E-state index in [9.17, 15) is 8.42 Å². The van der Waals surface area contributed by atoms with Crippen molar-refractivity contribution in [3.05, 3.63) is 76.8 Å². The van der Waals surface area contributed by atoms with Crippen LogP contribution in [0.2, 0.25) is 5.02 Å². The highest BCUT2D eigenvalue weighted by molar-refractivity contribution is 7.92. The van der Waals surface area contributed by atoms with Crippen molar-refractivity contribution < 1.29 is 8.42 Å². The molecule has 1 aromatic heterocycles. The monoisotopic (exact) mass is 415 g/mol. The van der Waals surface area contributed by atoms with Crippen molar-refractivity contribution in [2.45, 2.75) is 13.0 Å². The Morgan fingerprint density at radius 3 is 2.57 bits per heavy atom. The number of sulfonamides is 1. The van der Waals surface area contributed by atoms with Crippen molar-refractivity contribution >= 4 is 39.2 Å². The Kier molecular flexibility index (Phi) is 4.82. The Balaban J connectivity index is 1.82. The van der Waals surface area contributed by atoms with Crippen LogP contribution in [0, 0.1) is 0 Å². The SMILES string of the molecule is CCS(=O)(=O)Nc1nc2n(n1)[C@@H](c1ccccc1Cl)C=C(c1ccccc1)N2. The fraction of sp³-hybridized carbons (Fsp3) is 0.158. The van der Waals surface area contributed by atoms with Gasteiger partial charge >= 0.3 is 0 Å². The van der Waals surface area contributed by atoms with Gasteiger partial charge in [-0.1, -0.05) is 60.1 Å². The van der Waals surface area contributed by atoms with Gasteiger partial charge < -0.3 is 5.32 Å². The predicted octanol–water partition coefficient (Wildman–Crippen LogP) is 3.75. The average Bonchev–Trinajstić information content (AvgIpc) is 3.10. The molecule has 3 aromatic rings. The normalized spacial score (nSPS) is 16.1. The molecule has 0 saturated carbocycles. The van der Waals surface area contributed by atoms with Crippen molar-refractivity contribution in [3.8, 4) is 0 Å². The largest absolute Gasteiger partial charge is 0.324 e. The molecule has 0 aliphatic carbocycles. The number of allylic oxidation sites excluding steroid dienone is 1. The summed E-state index contributed by atoms with van der Waals surface area (Å²) in [4.78, 5) is 4.33. The van der Waals surface area contributed by atoms with Crippen LogP contribution in [-0.2, 0) is 10.0 Å². The molecule has 28 heavy (non-hydrogen) atoms. The lowest BCUT2D eigenvalue weighted by Gasteiger charge is -2.24. The fourth-order valence-corrected chi connectivity index (χ4v) is 3.73. The molecule has 0 bridgehead atoms. The van der Waals surface area contributed by atoms with Crippen molar-refractivity contribution in [1.29, 1.82) is 0 Å². The van der Waals surface area contributed by atoms with E-state index in [2.05, 4.69) is 20.1 Å². The van der Waals surface area contributed by atoms with E-state index < -0.39 is 10.0 Å². The van der Waals surface area contributed by atoms with Gasteiger partial charge in [0.2, 0.25) is 16.0 Å². The van der Waals surface area contributed by atoms with E-state index in [-0.39, 0.29) is 17.7 Å². The lowest BCUT2D eigenvalue weighted by Crippen LogP contribution is -2.20. The third-order valence-corrected chi connectivity index (χ3v) is 6.00. The number of nitrogens with one attached hydrogen (secondary N) is 2. The van der Waals surface area contributed by atoms with E-state index in [1.807, 2.05) is 60.7 Å². The van der Waals surface area contributed by atoms with Crippen LogP contribution in [0.4, 0.5) is 11.9 Å². The summed E-state index contributed by atoms with van der Waals surface area (Å²) in [5.41, 5.74) is 2.66. The molecule has 144 valence electrons. The van der Waals surface area contributed by atoms with Crippen molar-refractivity contribution in [2.24, 2.45) is 0 Å². The number of aromatic nitrogens is 3. The van der Waals surface area contributed by atoms with Gasteiger partial charge in [0.25, 0.3) is 5.95 Å². The highest BCUT2D eigenvalue weighted by Gasteiger charge is 2.27. The molecule has 0 saturated heterocycles. The molecule has 0 unspecified atom stereocenters. The first-order valence-electron chi connectivity index (χ1n) is 8.72. The quantitative estimate of drug-likeness (QED) is 0.662. The zero-order valence-corrected chi connectivity index (χ0v) is 16.6. The molecule has 1 aliphatic heterocycles. The molecule has 0 fully saturated rings. The van der Waals surface area contributed by atoms with E-state index >= 15 is 0 Å². The Morgan fingerprint density at radius 2 is 1.86 bits per heavy atom. The Hall–Kier alpha value is -2.84. The maximum Gasteiger partial charge on any atom is 0.257 e. The average molecular weight is 416 g/mol. The van der Waals surface area contributed by atoms with Crippen LogP contribution < -0.4 is 10.0 Å². The summed E-state index contributed by atoms with van der Waals surface area (Å²) in [5.74, 6) is 0.385. The molecule has 0 spiro atoms. The first kappa shape index (κ1) is 18.5. The molecule has 1 atom stereocenters. The van der Waals surface area contributed by atoms with Gasteiger partial charge in [-0.3, -0.25) is 0 Å². The molecule has 0 amide bonds. The standard InChI is InChI=1S/C19H18ClN5O2S/c1-2-28(26,27)24-18-22-19-21-16(13-8-4-3-5-9-13)12-17(25(19)23-18)14-10-6-7-11-15(14)20/h3-12,17H,2H2,1H3,(H2,21,22,23,24)/t17-/m1/s1. The van der Waals surface area contributed by atoms with E-state index in [4.69, 9.17) is 11.6 Å². The third kappa shape index (κ3) is 3.61. The number of anilines is 2. The van der Waals surface area contributed by atoms with Crippen LogP contribution in [-0.4, -0.2) is 28.9 Å². The van der Waals surface area contributed by atoms with E-state index in [0.717, 1.165) is 16.8 Å². The summed E-state index contributed by atoms with van der Waals surface area (Å²) >= 11 is 6.43. The van der Waals surface area contributed by atoms with Crippen LogP contribution in [0.5, 0.6) is 0 Å². The maximum absolute atomic E-state index is 11.9. The van der Waals surface area contributed by atoms with Gasteiger partial charge in [-0.15, -0.1) is 5.10 Å². The van der Waals surface area contributed by atoms with Gasteiger partial charge in [0.1, 0.15) is 6.04 Å². The van der Waals surface area contributed by atoms with Crippen LogP contribution in [0.25, 0.3) is 5.70 Å². The topological polar surface area (TPSA) is 88.9 Å². The van der Waals surface area contributed by atoms with E-state index in [1.165, 1.54) is 0 Å². The summed E-state index contributed by atoms with van der Waals surface area (Å²) in [6.07, 6.45) is 2.00. The molecule has 2 N–H and O–H groups in total. The predicted molar refractivity (Wildman–Crippen MR) is 111 cm³/mol. The summed E-state index contributed by atoms with van der Waals surface area (Å²) in [6, 6.07) is 16.9. The molecule has 7 nitrogen and oxygen atoms in total. The van der Waals surface area contributed by atoms with Gasteiger partial charge in [0.05, 0.1) is 5.75 Å². The number of hydrogen-bond donors (Lipinski definition) is 2. The highest BCUT2D eigenvalue weighted by Crippen LogP contribution is 2.35. The highest BCUT2D eigenvalue weighted by atomic mass is 35.5. The fourth-order valence-electron chi connectivity index (χ4n) is 2.97. The molecule has 4 rings (SSSR count). The summed E-state index contributed by atoms with van der Waals surface area (Å²) in [6.45, 7) is 1.55. The molecule has 0 radical (unpaired) electrons. The Labute approximate surface area is 168 Å². The maximum atomic E-state index is 11.9. The number of fused-ring (bicyclic) bond motifs is 1.